The molecule has 2 nitrogen and oxygen atoms in total. The van der Waals surface area contributed by atoms with Crippen LogP contribution in [0.3, 0.4) is 0 Å². The summed E-state index contributed by atoms with van der Waals surface area (Å²) in [4.78, 5) is 12.5. The van der Waals surface area contributed by atoms with E-state index in [9.17, 15) is 9.18 Å². The van der Waals surface area contributed by atoms with Crippen molar-refractivity contribution in [3.05, 3.63) is 30.1 Å². The molecule has 1 aromatic carbocycles. The van der Waals surface area contributed by atoms with Gasteiger partial charge in [-0.1, -0.05) is 32.6 Å². The molecule has 0 atom stereocenters. The maximum absolute atomic E-state index is 13.0. The van der Waals surface area contributed by atoms with Crippen LogP contribution in [-0.4, -0.2) is 5.97 Å². The zero-order valence-corrected chi connectivity index (χ0v) is 19.4. The third-order valence-corrected chi connectivity index (χ3v) is 8.88. The first-order valence-electron chi connectivity index (χ1n) is 13.1. The summed E-state index contributed by atoms with van der Waals surface area (Å²) < 4.78 is 18.5. The molecule has 0 saturated heterocycles. The van der Waals surface area contributed by atoms with Crippen molar-refractivity contribution < 1.29 is 13.9 Å². The van der Waals surface area contributed by atoms with E-state index in [0.29, 0.717) is 5.75 Å². The highest BCUT2D eigenvalue weighted by atomic mass is 19.1. The van der Waals surface area contributed by atoms with Crippen molar-refractivity contribution in [3.63, 3.8) is 0 Å². The van der Waals surface area contributed by atoms with Crippen molar-refractivity contribution >= 4 is 5.97 Å². The van der Waals surface area contributed by atoms with E-state index in [1.54, 1.807) is 0 Å². The topological polar surface area (TPSA) is 26.3 Å². The van der Waals surface area contributed by atoms with Gasteiger partial charge in [-0.25, -0.2) is 4.39 Å². The first kappa shape index (κ1) is 22.8. The van der Waals surface area contributed by atoms with Crippen LogP contribution in [0.4, 0.5) is 4.39 Å². The number of carbonyl (C=O) groups excluding carboxylic acids is 1. The average Bonchev–Trinajstić information content (AvgIpc) is 2.81. The minimum Gasteiger partial charge on any atom is -0.426 e. The van der Waals surface area contributed by atoms with Crippen LogP contribution in [0.5, 0.6) is 5.75 Å². The average molecular weight is 429 g/mol. The lowest BCUT2D eigenvalue weighted by Crippen LogP contribution is -2.31. The van der Waals surface area contributed by atoms with Crippen LogP contribution in [0, 0.1) is 41.3 Å². The second kappa shape index (κ2) is 11.0. The molecule has 0 aliphatic heterocycles. The highest BCUT2D eigenvalue weighted by Gasteiger charge is 2.36. The Morgan fingerprint density at radius 3 is 1.71 bits per heavy atom. The largest absolute Gasteiger partial charge is 0.426 e. The third kappa shape index (κ3) is 6.11. The summed E-state index contributed by atoms with van der Waals surface area (Å²) in [7, 11) is 0. The zero-order valence-electron chi connectivity index (χ0n) is 19.4. The molecule has 0 aromatic heterocycles. The van der Waals surface area contributed by atoms with Crippen LogP contribution in [0.15, 0.2) is 24.3 Å². The summed E-state index contributed by atoms with van der Waals surface area (Å²) >= 11 is 0. The number of hydrogen-bond acceptors (Lipinski definition) is 2. The minimum absolute atomic E-state index is 0.0101. The Morgan fingerprint density at radius 1 is 0.774 bits per heavy atom. The second-order valence-corrected chi connectivity index (χ2v) is 10.7. The van der Waals surface area contributed by atoms with Gasteiger partial charge in [0.2, 0.25) is 0 Å². The number of ether oxygens (including phenoxy) is 1. The van der Waals surface area contributed by atoms with Crippen LogP contribution in [-0.2, 0) is 4.79 Å². The van der Waals surface area contributed by atoms with Crippen molar-refractivity contribution in [2.45, 2.75) is 96.8 Å². The van der Waals surface area contributed by atoms with Gasteiger partial charge in [-0.3, -0.25) is 4.79 Å². The van der Waals surface area contributed by atoms with Gasteiger partial charge in [-0.05, 0) is 118 Å². The SMILES string of the molecule is CCC[C@H]1CC[C@H]([C@H]2CC[C@H]([C@H]3CC[C@H](C(=O)Oc4ccc(F)cc4)CC3)CC2)CC1. The lowest BCUT2D eigenvalue weighted by molar-refractivity contribution is -0.140. The van der Waals surface area contributed by atoms with Gasteiger partial charge in [0.15, 0.2) is 0 Å². The molecular formula is C28H41FO2. The van der Waals surface area contributed by atoms with Crippen molar-refractivity contribution in [2.75, 3.05) is 0 Å². The van der Waals surface area contributed by atoms with Gasteiger partial charge in [0, 0.05) is 0 Å². The van der Waals surface area contributed by atoms with Gasteiger partial charge >= 0.3 is 5.97 Å². The van der Waals surface area contributed by atoms with Crippen molar-refractivity contribution in [1.82, 2.24) is 0 Å². The summed E-state index contributed by atoms with van der Waals surface area (Å²) in [6, 6.07) is 5.75. The molecule has 172 valence electrons. The first-order chi connectivity index (χ1) is 15.1. The van der Waals surface area contributed by atoms with Crippen molar-refractivity contribution in [1.29, 1.82) is 0 Å². The standard InChI is InChI=1S/C28H41FO2/c1-2-3-20-4-6-21(7-5-20)22-8-10-23(11-9-22)24-12-14-25(15-13-24)28(30)31-27-18-16-26(29)17-19-27/h16-25H,2-15H2,1H3/t20-,21-,22-,23-,24-,25-. The number of halogens is 1. The van der Waals surface area contributed by atoms with E-state index in [4.69, 9.17) is 4.74 Å². The van der Waals surface area contributed by atoms with Gasteiger partial charge in [0.05, 0.1) is 5.92 Å². The Morgan fingerprint density at radius 2 is 1.23 bits per heavy atom. The minimum atomic E-state index is -0.306. The molecule has 0 spiro atoms. The van der Waals surface area contributed by atoms with Crippen molar-refractivity contribution in [2.24, 2.45) is 35.5 Å². The highest BCUT2D eigenvalue weighted by molar-refractivity contribution is 5.75. The molecule has 0 heterocycles. The molecule has 3 aliphatic carbocycles. The van der Waals surface area contributed by atoms with E-state index in [-0.39, 0.29) is 17.7 Å². The third-order valence-electron chi connectivity index (χ3n) is 8.88. The molecule has 0 unspecified atom stereocenters. The molecule has 0 N–H and O–H groups in total. The van der Waals surface area contributed by atoms with E-state index >= 15 is 0 Å². The second-order valence-electron chi connectivity index (χ2n) is 10.7. The zero-order chi connectivity index (χ0) is 21.6. The molecular weight excluding hydrogens is 387 g/mol. The van der Waals surface area contributed by atoms with Gasteiger partial charge in [0.1, 0.15) is 11.6 Å². The summed E-state index contributed by atoms with van der Waals surface area (Å²) in [5, 5.41) is 0. The van der Waals surface area contributed by atoms with E-state index < -0.39 is 0 Å². The first-order valence-corrected chi connectivity index (χ1v) is 13.1. The lowest BCUT2D eigenvalue weighted by atomic mass is 9.65. The fourth-order valence-corrected chi connectivity index (χ4v) is 6.97. The number of benzene rings is 1. The Kier molecular flexibility index (Phi) is 8.07. The quantitative estimate of drug-likeness (QED) is 0.339. The Hall–Kier alpha value is -1.38. The Bertz CT molecular complexity index is 675. The van der Waals surface area contributed by atoms with Gasteiger partial charge in [-0.15, -0.1) is 0 Å². The summed E-state index contributed by atoms with van der Waals surface area (Å²) in [5.74, 6) is 4.71. The molecule has 0 bridgehead atoms. The van der Waals surface area contributed by atoms with Crippen molar-refractivity contribution in [3.8, 4) is 5.75 Å². The molecule has 0 radical (unpaired) electrons. The summed E-state index contributed by atoms with van der Waals surface area (Å²) in [5.41, 5.74) is 0. The molecule has 4 rings (SSSR count). The fraction of sp³-hybridized carbons (Fsp3) is 0.750. The molecule has 1 aromatic rings. The normalized spacial score (nSPS) is 34.3. The number of hydrogen-bond donors (Lipinski definition) is 0. The summed E-state index contributed by atoms with van der Waals surface area (Å²) in [6.45, 7) is 2.33. The number of esters is 1. The predicted octanol–water partition coefficient (Wildman–Crippen LogP) is 7.95. The van der Waals surface area contributed by atoms with Crippen LogP contribution in [0.2, 0.25) is 0 Å². The molecule has 0 amide bonds. The Labute approximate surface area is 188 Å². The van der Waals surface area contributed by atoms with Crippen LogP contribution in [0.25, 0.3) is 0 Å². The molecule has 3 saturated carbocycles. The number of rotatable bonds is 6. The van der Waals surface area contributed by atoms with Crippen LogP contribution in [0.1, 0.15) is 96.8 Å². The fourth-order valence-electron chi connectivity index (χ4n) is 6.97. The van der Waals surface area contributed by atoms with Crippen LogP contribution >= 0.6 is 0 Å². The van der Waals surface area contributed by atoms with E-state index in [0.717, 1.165) is 42.4 Å². The maximum Gasteiger partial charge on any atom is 0.314 e. The predicted molar refractivity (Wildman–Crippen MR) is 123 cm³/mol. The molecule has 3 heteroatoms. The lowest BCUT2D eigenvalue weighted by Gasteiger charge is -2.41. The van der Waals surface area contributed by atoms with Gasteiger partial charge in [-0.2, -0.15) is 0 Å². The molecule has 31 heavy (non-hydrogen) atoms. The molecule has 3 fully saturated rings. The number of carbonyl (C=O) groups is 1. The van der Waals surface area contributed by atoms with E-state index in [2.05, 4.69) is 6.92 Å². The van der Waals surface area contributed by atoms with Crippen LogP contribution < -0.4 is 4.74 Å². The Balaban J connectivity index is 1.16. The molecule has 3 aliphatic rings. The summed E-state index contributed by atoms with van der Waals surface area (Å²) in [6.07, 6.45) is 18.7. The highest BCUT2D eigenvalue weighted by Crippen LogP contribution is 2.46. The maximum atomic E-state index is 13.0. The smallest absolute Gasteiger partial charge is 0.314 e. The van der Waals surface area contributed by atoms with Gasteiger partial charge in [0.25, 0.3) is 0 Å². The van der Waals surface area contributed by atoms with Gasteiger partial charge < -0.3 is 4.74 Å². The monoisotopic (exact) mass is 428 g/mol. The van der Waals surface area contributed by atoms with E-state index in [1.807, 2.05) is 0 Å². The van der Waals surface area contributed by atoms with E-state index in [1.165, 1.54) is 101 Å².